The first-order chi connectivity index (χ1) is 5.66. The van der Waals surface area contributed by atoms with Gasteiger partial charge in [-0.15, -0.1) is 0 Å². The van der Waals surface area contributed by atoms with E-state index < -0.39 is 0 Å². The summed E-state index contributed by atoms with van der Waals surface area (Å²) in [6, 6.07) is 5.08. The Balaban J connectivity index is 2.88. The van der Waals surface area contributed by atoms with Gasteiger partial charge in [-0.05, 0) is 20.8 Å². The Bertz CT molecular complexity index is 429. The van der Waals surface area contributed by atoms with Gasteiger partial charge in [0.25, 0.3) is 0 Å². The van der Waals surface area contributed by atoms with Crippen molar-refractivity contribution < 1.29 is 0 Å². The van der Waals surface area contributed by atoms with E-state index >= 15 is 0 Å². The normalized spacial score (nSPS) is 10.9. The number of hydrogen-bond acceptors (Lipinski definition) is 2. The van der Waals surface area contributed by atoms with Crippen LogP contribution in [0.2, 0.25) is 0 Å². The van der Waals surface area contributed by atoms with Crippen LogP contribution < -0.4 is 0 Å². The molecule has 0 saturated heterocycles. The minimum Gasteiger partial charge on any atom is -0.233 e. The molecular formula is C9H10N3. The van der Waals surface area contributed by atoms with Crippen LogP contribution in [0.5, 0.6) is 0 Å². The Morgan fingerprint density at radius 2 is 2.08 bits per heavy atom. The maximum Gasteiger partial charge on any atom is 0.155 e. The SMILES string of the molecule is Cc1[c]c(C)n2nc(C)cc2n1. The van der Waals surface area contributed by atoms with Crippen LogP contribution in [0.4, 0.5) is 0 Å². The van der Waals surface area contributed by atoms with Crippen molar-refractivity contribution in [2.24, 2.45) is 0 Å². The van der Waals surface area contributed by atoms with Gasteiger partial charge in [-0.1, -0.05) is 0 Å². The second-order valence-electron chi connectivity index (χ2n) is 2.96. The third kappa shape index (κ3) is 0.978. The summed E-state index contributed by atoms with van der Waals surface area (Å²) >= 11 is 0. The number of hydrogen-bond donors (Lipinski definition) is 0. The molecule has 3 heteroatoms. The molecule has 0 N–H and O–H groups in total. The van der Waals surface area contributed by atoms with Gasteiger partial charge in [-0.3, -0.25) is 0 Å². The topological polar surface area (TPSA) is 30.2 Å². The summed E-state index contributed by atoms with van der Waals surface area (Å²) in [5.74, 6) is 0. The lowest BCUT2D eigenvalue weighted by Crippen LogP contribution is -1.97. The van der Waals surface area contributed by atoms with Crippen LogP contribution in [-0.4, -0.2) is 14.6 Å². The monoisotopic (exact) mass is 160 g/mol. The van der Waals surface area contributed by atoms with Gasteiger partial charge in [-0.2, -0.15) is 5.10 Å². The van der Waals surface area contributed by atoms with Crippen molar-refractivity contribution in [1.29, 1.82) is 0 Å². The number of rotatable bonds is 0. The van der Waals surface area contributed by atoms with Gasteiger partial charge in [0.2, 0.25) is 0 Å². The molecule has 0 aromatic carbocycles. The lowest BCUT2D eigenvalue weighted by Gasteiger charge is -1.97. The molecule has 0 spiro atoms. The molecule has 3 nitrogen and oxygen atoms in total. The Kier molecular flexibility index (Phi) is 1.40. The van der Waals surface area contributed by atoms with Gasteiger partial charge in [0.15, 0.2) is 5.65 Å². The summed E-state index contributed by atoms with van der Waals surface area (Å²) in [6.07, 6.45) is 0. The fraction of sp³-hybridized carbons (Fsp3) is 0.333. The molecule has 0 aliphatic rings. The summed E-state index contributed by atoms with van der Waals surface area (Å²) in [6.45, 7) is 5.88. The van der Waals surface area contributed by atoms with Crippen LogP contribution >= 0.6 is 0 Å². The Hall–Kier alpha value is -1.38. The number of aryl methyl sites for hydroxylation is 3. The lowest BCUT2D eigenvalue weighted by atomic mass is 10.3. The minimum absolute atomic E-state index is 0.904. The van der Waals surface area contributed by atoms with Crippen molar-refractivity contribution in [2.45, 2.75) is 20.8 Å². The Morgan fingerprint density at radius 3 is 2.83 bits per heavy atom. The van der Waals surface area contributed by atoms with Gasteiger partial charge >= 0.3 is 0 Å². The highest BCUT2D eigenvalue weighted by molar-refractivity contribution is 5.40. The van der Waals surface area contributed by atoms with E-state index in [4.69, 9.17) is 0 Å². The zero-order valence-corrected chi connectivity index (χ0v) is 7.42. The first-order valence-corrected chi connectivity index (χ1v) is 3.90. The summed E-state index contributed by atoms with van der Waals surface area (Å²) in [5, 5.41) is 4.28. The van der Waals surface area contributed by atoms with E-state index in [1.165, 1.54) is 0 Å². The van der Waals surface area contributed by atoms with Crippen molar-refractivity contribution in [3.8, 4) is 0 Å². The molecule has 0 atom stereocenters. The molecule has 0 saturated carbocycles. The summed E-state index contributed by atoms with van der Waals surface area (Å²) < 4.78 is 1.81. The van der Waals surface area contributed by atoms with Crippen LogP contribution in [0.3, 0.4) is 0 Å². The second kappa shape index (κ2) is 2.30. The molecule has 0 unspecified atom stereocenters. The highest BCUT2D eigenvalue weighted by Crippen LogP contribution is 2.06. The van der Waals surface area contributed by atoms with Crippen LogP contribution in [0.25, 0.3) is 5.65 Å². The fourth-order valence-corrected chi connectivity index (χ4v) is 1.33. The molecule has 2 rings (SSSR count). The van der Waals surface area contributed by atoms with E-state index in [0.29, 0.717) is 0 Å². The highest BCUT2D eigenvalue weighted by atomic mass is 15.3. The Morgan fingerprint density at radius 1 is 1.33 bits per heavy atom. The molecule has 2 heterocycles. The van der Waals surface area contributed by atoms with Gasteiger partial charge in [0.1, 0.15) is 0 Å². The molecule has 0 aliphatic heterocycles. The summed E-state index contributed by atoms with van der Waals surface area (Å²) in [5.41, 5.74) is 3.82. The van der Waals surface area contributed by atoms with Gasteiger partial charge < -0.3 is 0 Å². The fourth-order valence-electron chi connectivity index (χ4n) is 1.33. The standard InChI is InChI=1S/C9H10N3/c1-6-4-8(3)12-9(10-6)5-7(2)11-12/h5H,1-3H3. The highest BCUT2D eigenvalue weighted by Gasteiger charge is 2.01. The molecule has 0 aliphatic carbocycles. The lowest BCUT2D eigenvalue weighted by molar-refractivity contribution is 0.867. The molecule has 2 aromatic rings. The molecule has 0 bridgehead atoms. The van der Waals surface area contributed by atoms with Crippen LogP contribution in [0.15, 0.2) is 6.07 Å². The maximum atomic E-state index is 4.30. The van der Waals surface area contributed by atoms with E-state index in [1.807, 2.05) is 31.4 Å². The van der Waals surface area contributed by atoms with Crippen molar-refractivity contribution in [1.82, 2.24) is 14.6 Å². The average Bonchev–Trinajstić information content (AvgIpc) is 2.29. The minimum atomic E-state index is 0.904. The van der Waals surface area contributed by atoms with E-state index in [-0.39, 0.29) is 0 Å². The van der Waals surface area contributed by atoms with Crippen LogP contribution in [-0.2, 0) is 0 Å². The van der Waals surface area contributed by atoms with E-state index in [2.05, 4.69) is 16.1 Å². The van der Waals surface area contributed by atoms with E-state index in [1.54, 1.807) is 0 Å². The third-order valence-electron chi connectivity index (χ3n) is 1.77. The van der Waals surface area contributed by atoms with Crippen molar-refractivity contribution in [3.63, 3.8) is 0 Å². The molecule has 2 aromatic heterocycles. The van der Waals surface area contributed by atoms with Crippen molar-refractivity contribution in [2.75, 3.05) is 0 Å². The first-order valence-electron chi connectivity index (χ1n) is 3.90. The number of fused-ring (bicyclic) bond motifs is 1. The van der Waals surface area contributed by atoms with Gasteiger partial charge in [0, 0.05) is 17.8 Å². The average molecular weight is 160 g/mol. The molecule has 61 valence electrons. The zero-order valence-electron chi connectivity index (χ0n) is 7.42. The molecule has 1 radical (unpaired) electrons. The predicted octanol–water partition coefficient (Wildman–Crippen LogP) is 1.45. The summed E-state index contributed by atoms with van der Waals surface area (Å²) in [4.78, 5) is 4.30. The Labute approximate surface area is 71.1 Å². The third-order valence-corrected chi connectivity index (χ3v) is 1.77. The largest absolute Gasteiger partial charge is 0.233 e. The number of nitrogens with zero attached hydrogens (tertiary/aromatic N) is 3. The second-order valence-corrected chi connectivity index (χ2v) is 2.96. The quantitative estimate of drug-likeness (QED) is 0.584. The molecule has 12 heavy (non-hydrogen) atoms. The van der Waals surface area contributed by atoms with Crippen molar-refractivity contribution in [3.05, 3.63) is 29.2 Å². The smallest absolute Gasteiger partial charge is 0.155 e. The van der Waals surface area contributed by atoms with E-state index in [0.717, 1.165) is 22.7 Å². The predicted molar refractivity (Wildman–Crippen MR) is 46.0 cm³/mol. The first kappa shape index (κ1) is 7.28. The number of aromatic nitrogens is 3. The maximum absolute atomic E-state index is 4.30. The van der Waals surface area contributed by atoms with Gasteiger partial charge in [-0.25, -0.2) is 9.50 Å². The van der Waals surface area contributed by atoms with Gasteiger partial charge in [0.05, 0.1) is 11.4 Å². The zero-order chi connectivity index (χ0) is 8.72. The summed E-state index contributed by atoms with van der Waals surface area (Å²) in [7, 11) is 0. The van der Waals surface area contributed by atoms with E-state index in [9.17, 15) is 0 Å². The van der Waals surface area contributed by atoms with Crippen LogP contribution in [0, 0.1) is 26.8 Å². The van der Waals surface area contributed by atoms with Crippen molar-refractivity contribution >= 4 is 5.65 Å². The molecule has 0 amide bonds. The van der Waals surface area contributed by atoms with Crippen LogP contribution in [0.1, 0.15) is 17.1 Å². The molecular weight excluding hydrogens is 150 g/mol. The molecule has 0 fully saturated rings.